The zero-order chi connectivity index (χ0) is 19.1. The Balaban J connectivity index is 1.90. The standard InChI is InChI=1S/C20H23BrN2O3/c1-13(2)16-7-10-19(18(21)11-16)26-12-20(24)23-22-14(3)15-5-8-17(25-4)9-6-15/h5-11,13H,12H2,1-4H3,(H,23,24). The highest BCUT2D eigenvalue weighted by Gasteiger charge is 2.08. The smallest absolute Gasteiger partial charge is 0.277 e. The van der Waals surface area contributed by atoms with Gasteiger partial charge in [-0.15, -0.1) is 0 Å². The maximum atomic E-state index is 12.0. The molecule has 0 spiro atoms. The van der Waals surface area contributed by atoms with Crippen LogP contribution in [0.3, 0.4) is 0 Å². The van der Waals surface area contributed by atoms with Gasteiger partial charge in [0, 0.05) is 0 Å². The second-order valence-electron chi connectivity index (χ2n) is 6.09. The van der Waals surface area contributed by atoms with Crippen LogP contribution in [-0.4, -0.2) is 25.3 Å². The lowest BCUT2D eigenvalue weighted by atomic mass is 10.0. The van der Waals surface area contributed by atoms with Gasteiger partial charge >= 0.3 is 0 Å². The molecule has 0 heterocycles. The van der Waals surface area contributed by atoms with Crippen molar-refractivity contribution in [2.75, 3.05) is 13.7 Å². The van der Waals surface area contributed by atoms with Gasteiger partial charge in [0.05, 0.1) is 17.3 Å². The molecule has 0 aromatic heterocycles. The van der Waals surface area contributed by atoms with Crippen molar-refractivity contribution in [1.82, 2.24) is 5.43 Å². The van der Waals surface area contributed by atoms with Gasteiger partial charge in [0.15, 0.2) is 6.61 Å². The fourth-order valence-electron chi connectivity index (χ4n) is 2.21. The van der Waals surface area contributed by atoms with Crippen molar-refractivity contribution in [3.8, 4) is 11.5 Å². The van der Waals surface area contributed by atoms with Gasteiger partial charge in [-0.1, -0.05) is 19.9 Å². The molecule has 26 heavy (non-hydrogen) atoms. The molecule has 0 aliphatic heterocycles. The van der Waals surface area contributed by atoms with Crippen molar-refractivity contribution in [2.24, 2.45) is 5.10 Å². The lowest BCUT2D eigenvalue weighted by Crippen LogP contribution is -2.25. The molecule has 0 saturated heterocycles. The Labute approximate surface area is 162 Å². The molecule has 0 fully saturated rings. The van der Waals surface area contributed by atoms with E-state index >= 15 is 0 Å². The topological polar surface area (TPSA) is 59.9 Å². The van der Waals surface area contributed by atoms with Crippen LogP contribution in [0.25, 0.3) is 0 Å². The van der Waals surface area contributed by atoms with E-state index in [1.807, 2.05) is 49.4 Å². The van der Waals surface area contributed by atoms with Crippen LogP contribution in [0.2, 0.25) is 0 Å². The van der Waals surface area contributed by atoms with Crippen LogP contribution in [0.15, 0.2) is 52.0 Å². The molecule has 2 aromatic carbocycles. The molecule has 2 rings (SSSR count). The number of carbonyl (C=O) groups is 1. The van der Waals surface area contributed by atoms with E-state index in [4.69, 9.17) is 9.47 Å². The fourth-order valence-corrected chi connectivity index (χ4v) is 2.72. The third kappa shape index (κ3) is 5.59. The molecular formula is C20H23BrN2O3. The Morgan fingerprint density at radius 1 is 1.19 bits per heavy atom. The zero-order valence-electron chi connectivity index (χ0n) is 15.4. The summed E-state index contributed by atoms with van der Waals surface area (Å²) in [5, 5.41) is 4.11. The van der Waals surface area contributed by atoms with E-state index in [0.717, 1.165) is 15.8 Å². The molecule has 0 unspecified atom stereocenters. The molecule has 0 bridgehead atoms. The third-order valence-electron chi connectivity index (χ3n) is 3.84. The summed E-state index contributed by atoms with van der Waals surface area (Å²) < 4.78 is 11.5. The Kier molecular flexibility index (Phi) is 7.21. The lowest BCUT2D eigenvalue weighted by Gasteiger charge is -2.11. The first kappa shape index (κ1) is 20.0. The van der Waals surface area contributed by atoms with Crippen LogP contribution in [0.4, 0.5) is 0 Å². The van der Waals surface area contributed by atoms with Crippen molar-refractivity contribution >= 4 is 27.5 Å². The van der Waals surface area contributed by atoms with Crippen LogP contribution >= 0.6 is 15.9 Å². The molecule has 1 N–H and O–H groups in total. The number of methoxy groups -OCH3 is 1. The lowest BCUT2D eigenvalue weighted by molar-refractivity contribution is -0.123. The van der Waals surface area contributed by atoms with E-state index in [9.17, 15) is 4.79 Å². The number of hydrogen-bond acceptors (Lipinski definition) is 4. The van der Waals surface area contributed by atoms with Crippen LogP contribution in [-0.2, 0) is 4.79 Å². The normalized spacial score (nSPS) is 11.4. The van der Waals surface area contributed by atoms with E-state index < -0.39 is 0 Å². The van der Waals surface area contributed by atoms with Crippen molar-refractivity contribution in [2.45, 2.75) is 26.7 Å². The van der Waals surface area contributed by atoms with Crippen molar-refractivity contribution < 1.29 is 14.3 Å². The number of halogens is 1. The van der Waals surface area contributed by atoms with E-state index in [1.54, 1.807) is 7.11 Å². The van der Waals surface area contributed by atoms with E-state index in [2.05, 4.69) is 40.3 Å². The van der Waals surface area contributed by atoms with Gasteiger partial charge in [-0.25, -0.2) is 5.43 Å². The second-order valence-corrected chi connectivity index (χ2v) is 6.95. The summed E-state index contributed by atoms with van der Waals surface area (Å²) in [7, 11) is 1.62. The predicted molar refractivity (Wildman–Crippen MR) is 107 cm³/mol. The summed E-state index contributed by atoms with van der Waals surface area (Å²) in [6, 6.07) is 13.3. The molecule has 0 atom stereocenters. The molecule has 2 aromatic rings. The molecule has 138 valence electrons. The third-order valence-corrected chi connectivity index (χ3v) is 4.46. The van der Waals surface area contributed by atoms with Gasteiger partial charge in [0.2, 0.25) is 0 Å². The maximum Gasteiger partial charge on any atom is 0.277 e. The number of nitrogens with zero attached hydrogens (tertiary/aromatic N) is 1. The zero-order valence-corrected chi connectivity index (χ0v) is 17.0. The first-order valence-corrected chi connectivity index (χ1v) is 9.09. The molecule has 0 saturated carbocycles. The van der Waals surface area contributed by atoms with Crippen LogP contribution < -0.4 is 14.9 Å². The van der Waals surface area contributed by atoms with Gasteiger partial charge in [0.25, 0.3) is 5.91 Å². The minimum absolute atomic E-state index is 0.112. The summed E-state index contributed by atoms with van der Waals surface area (Å²) in [4.78, 5) is 12.0. The van der Waals surface area contributed by atoms with Crippen LogP contribution in [0.5, 0.6) is 11.5 Å². The largest absolute Gasteiger partial charge is 0.497 e. The average molecular weight is 419 g/mol. The van der Waals surface area contributed by atoms with Gasteiger partial charge in [-0.2, -0.15) is 5.10 Å². The molecule has 0 aliphatic carbocycles. The number of hydrogen-bond donors (Lipinski definition) is 1. The van der Waals surface area contributed by atoms with Gasteiger partial charge < -0.3 is 9.47 Å². The van der Waals surface area contributed by atoms with Gasteiger partial charge in [0.1, 0.15) is 11.5 Å². The Bertz CT molecular complexity index is 786. The average Bonchev–Trinajstić information content (AvgIpc) is 2.65. The second kappa shape index (κ2) is 9.38. The van der Waals surface area contributed by atoms with Gasteiger partial charge in [-0.05, 0) is 76.3 Å². The van der Waals surface area contributed by atoms with E-state index in [0.29, 0.717) is 17.4 Å². The van der Waals surface area contributed by atoms with E-state index in [-0.39, 0.29) is 12.5 Å². The number of ether oxygens (including phenoxy) is 2. The summed E-state index contributed by atoms with van der Waals surface area (Å²) in [5.74, 6) is 1.50. The Morgan fingerprint density at radius 2 is 1.88 bits per heavy atom. The molecular weight excluding hydrogens is 396 g/mol. The minimum Gasteiger partial charge on any atom is -0.497 e. The van der Waals surface area contributed by atoms with E-state index in [1.165, 1.54) is 5.56 Å². The summed E-state index contributed by atoms with van der Waals surface area (Å²) in [6.07, 6.45) is 0. The highest BCUT2D eigenvalue weighted by atomic mass is 79.9. The Hall–Kier alpha value is -2.34. The fraction of sp³-hybridized carbons (Fsp3) is 0.300. The number of amides is 1. The number of carbonyl (C=O) groups excluding carboxylic acids is 1. The SMILES string of the molecule is COc1ccc(C(C)=NNC(=O)COc2ccc(C(C)C)cc2Br)cc1. The maximum absolute atomic E-state index is 12.0. The van der Waals surface area contributed by atoms with Crippen LogP contribution in [0, 0.1) is 0 Å². The number of hydrazone groups is 1. The molecule has 1 amide bonds. The van der Waals surface area contributed by atoms with Crippen molar-refractivity contribution in [3.63, 3.8) is 0 Å². The number of rotatable bonds is 7. The highest BCUT2D eigenvalue weighted by Crippen LogP contribution is 2.28. The van der Waals surface area contributed by atoms with Crippen LogP contribution in [0.1, 0.15) is 37.8 Å². The minimum atomic E-state index is -0.322. The first-order valence-electron chi connectivity index (χ1n) is 8.30. The monoisotopic (exact) mass is 418 g/mol. The molecule has 6 heteroatoms. The predicted octanol–water partition coefficient (Wildman–Crippen LogP) is 4.50. The van der Waals surface area contributed by atoms with Crippen molar-refractivity contribution in [3.05, 3.63) is 58.1 Å². The molecule has 0 aliphatic rings. The van der Waals surface area contributed by atoms with Crippen molar-refractivity contribution in [1.29, 1.82) is 0 Å². The quantitative estimate of drug-likeness (QED) is 0.531. The summed E-state index contributed by atoms with van der Waals surface area (Å²) in [5.41, 5.74) is 5.31. The number of benzene rings is 2. The number of nitrogens with one attached hydrogen (secondary N) is 1. The Morgan fingerprint density at radius 3 is 2.46 bits per heavy atom. The summed E-state index contributed by atoms with van der Waals surface area (Å²) >= 11 is 3.48. The molecule has 0 radical (unpaired) electrons. The summed E-state index contributed by atoms with van der Waals surface area (Å²) in [6.45, 7) is 5.96. The molecule has 5 nitrogen and oxygen atoms in total. The van der Waals surface area contributed by atoms with Gasteiger partial charge in [-0.3, -0.25) is 4.79 Å². The highest BCUT2D eigenvalue weighted by molar-refractivity contribution is 9.10. The first-order chi connectivity index (χ1) is 12.4.